The number of carbonyl (C=O) groups excluding carboxylic acids is 2. The number of piperidine rings is 1. The Morgan fingerprint density at radius 3 is 2.50 bits per heavy atom. The summed E-state index contributed by atoms with van der Waals surface area (Å²) in [6, 6.07) is -0.646. The number of ether oxygens (including phenoxy) is 1. The Morgan fingerprint density at radius 2 is 1.92 bits per heavy atom. The van der Waals surface area contributed by atoms with Crippen LogP contribution in [0.2, 0.25) is 0 Å². The molecule has 1 saturated heterocycles. The number of nitrogens with zero attached hydrogens (tertiary/aromatic N) is 1. The number of nitrogens with one attached hydrogen (secondary N) is 2. The molecule has 1 aliphatic heterocycles. The van der Waals surface area contributed by atoms with E-state index in [2.05, 4.69) is 15.5 Å². The summed E-state index contributed by atoms with van der Waals surface area (Å²) in [7, 11) is 1.97. The van der Waals surface area contributed by atoms with Gasteiger partial charge in [-0.2, -0.15) is 0 Å². The number of rotatable bonds is 9. The van der Waals surface area contributed by atoms with E-state index in [1.807, 2.05) is 34.7 Å². The number of hydrogen-bond donors (Lipinski definition) is 2. The lowest BCUT2D eigenvalue weighted by Gasteiger charge is -2.33. The predicted octanol–water partition coefficient (Wildman–Crippen LogP) is 1.89. The highest BCUT2D eigenvalue weighted by Gasteiger charge is 2.31. The molecule has 2 N–H and O–H groups in total. The van der Waals surface area contributed by atoms with E-state index in [4.69, 9.17) is 4.74 Å². The highest BCUT2D eigenvalue weighted by Crippen LogP contribution is 2.16. The van der Waals surface area contributed by atoms with Gasteiger partial charge in [-0.3, -0.25) is 14.5 Å². The van der Waals surface area contributed by atoms with E-state index in [1.165, 1.54) is 0 Å². The summed E-state index contributed by atoms with van der Waals surface area (Å²) in [5.74, 6) is -0.133. The summed E-state index contributed by atoms with van der Waals surface area (Å²) in [6.07, 6.45) is 4.88. The second kappa shape index (κ2) is 10.7. The first-order valence-electron chi connectivity index (χ1n) is 9.30. The van der Waals surface area contributed by atoms with Gasteiger partial charge in [0.05, 0.1) is 12.1 Å². The van der Waals surface area contributed by atoms with E-state index in [0.717, 1.165) is 38.6 Å². The number of likely N-dealkylation sites (tertiary alicyclic amines) is 1. The van der Waals surface area contributed by atoms with Crippen molar-refractivity contribution in [2.24, 2.45) is 5.92 Å². The van der Waals surface area contributed by atoms with Crippen LogP contribution in [0.5, 0.6) is 0 Å². The van der Waals surface area contributed by atoms with Gasteiger partial charge in [0.2, 0.25) is 11.8 Å². The minimum Gasteiger partial charge on any atom is -0.358 e. The standard InChI is InChI=1S/C18H35N3O3/c1-6-13(3)16(18(23)19-12-24-14(4)7-2)20-17(22)15-10-8-9-11-21(15)5/h13-16H,6-12H2,1-5H3,(H,19,23)(H,20,22)/t13?,14?,15-,16+/m1/s1. The molecule has 6 heteroatoms. The molecule has 0 saturated carbocycles. The van der Waals surface area contributed by atoms with Gasteiger partial charge in [0.25, 0.3) is 0 Å². The van der Waals surface area contributed by atoms with E-state index < -0.39 is 6.04 Å². The Morgan fingerprint density at radius 1 is 1.21 bits per heavy atom. The molecule has 1 aliphatic rings. The molecule has 4 atom stereocenters. The molecule has 0 aromatic carbocycles. The van der Waals surface area contributed by atoms with Crippen molar-refractivity contribution in [3.05, 3.63) is 0 Å². The van der Waals surface area contributed by atoms with Crippen molar-refractivity contribution in [2.45, 2.75) is 78.0 Å². The van der Waals surface area contributed by atoms with Gasteiger partial charge in [-0.25, -0.2) is 0 Å². The summed E-state index contributed by atoms with van der Waals surface area (Å²) >= 11 is 0. The highest BCUT2D eigenvalue weighted by molar-refractivity contribution is 5.90. The molecule has 1 heterocycles. The van der Waals surface area contributed by atoms with E-state index in [-0.39, 0.29) is 36.6 Å². The SMILES string of the molecule is CCC(C)OCNC(=O)[C@@H](NC(=O)[C@H]1CCCCN1C)C(C)CC. The van der Waals surface area contributed by atoms with E-state index in [9.17, 15) is 9.59 Å². The molecule has 0 radical (unpaired) electrons. The summed E-state index contributed by atoms with van der Waals surface area (Å²) in [5, 5.41) is 5.76. The lowest BCUT2D eigenvalue weighted by molar-refractivity contribution is -0.134. The Kier molecular flexibility index (Phi) is 9.29. The third-order valence-corrected chi connectivity index (χ3v) is 5.06. The highest BCUT2D eigenvalue weighted by atomic mass is 16.5. The second-order valence-corrected chi connectivity index (χ2v) is 6.93. The van der Waals surface area contributed by atoms with Gasteiger partial charge in [0.1, 0.15) is 12.8 Å². The van der Waals surface area contributed by atoms with Gasteiger partial charge >= 0.3 is 0 Å². The quantitative estimate of drug-likeness (QED) is 0.628. The zero-order valence-electron chi connectivity index (χ0n) is 15.9. The molecule has 0 spiro atoms. The second-order valence-electron chi connectivity index (χ2n) is 6.93. The van der Waals surface area contributed by atoms with Crippen LogP contribution in [-0.4, -0.2) is 55.2 Å². The number of likely N-dealkylation sites (N-methyl/N-ethyl adjacent to an activating group) is 1. The van der Waals surface area contributed by atoms with Crippen molar-refractivity contribution in [3.63, 3.8) is 0 Å². The van der Waals surface area contributed by atoms with Crippen LogP contribution >= 0.6 is 0 Å². The monoisotopic (exact) mass is 341 g/mol. The average molecular weight is 341 g/mol. The van der Waals surface area contributed by atoms with Crippen molar-refractivity contribution in [1.82, 2.24) is 15.5 Å². The first-order chi connectivity index (χ1) is 11.4. The average Bonchev–Trinajstić information content (AvgIpc) is 2.58. The zero-order valence-corrected chi connectivity index (χ0v) is 15.9. The Balaban J connectivity index is 2.60. The summed E-state index contributed by atoms with van der Waals surface area (Å²) in [6.45, 7) is 9.14. The smallest absolute Gasteiger partial charge is 0.244 e. The Bertz CT molecular complexity index is 403. The molecule has 2 unspecified atom stereocenters. The summed E-state index contributed by atoms with van der Waals surface area (Å²) < 4.78 is 5.51. The molecule has 0 aromatic rings. The predicted molar refractivity (Wildman–Crippen MR) is 95.5 cm³/mol. The molecular weight excluding hydrogens is 306 g/mol. The van der Waals surface area contributed by atoms with Crippen molar-refractivity contribution in [1.29, 1.82) is 0 Å². The first-order valence-corrected chi connectivity index (χ1v) is 9.30. The number of hydrogen-bond acceptors (Lipinski definition) is 4. The van der Waals surface area contributed by atoms with Crippen LogP contribution in [0.15, 0.2) is 0 Å². The summed E-state index contributed by atoms with van der Waals surface area (Å²) in [4.78, 5) is 27.2. The molecule has 1 rings (SSSR count). The molecule has 0 bridgehead atoms. The van der Waals surface area contributed by atoms with Crippen molar-refractivity contribution < 1.29 is 14.3 Å². The van der Waals surface area contributed by atoms with Gasteiger partial charge in [-0.15, -0.1) is 0 Å². The maximum absolute atomic E-state index is 12.6. The zero-order chi connectivity index (χ0) is 18.1. The van der Waals surface area contributed by atoms with Gasteiger partial charge in [-0.05, 0) is 45.7 Å². The third-order valence-electron chi connectivity index (χ3n) is 5.06. The van der Waals surface area contributed by atoms with Gasteiger partial charge in [-0.1, -0.05) is 33.6 Å². The largest absolute Gasteiger partial charge is 0.358 e. The Hall–Kier alpha value is -1.14. The maximum Gasteiger partial charge on any atom is 0.244 e. The minimum atomic E-state index is -0.515. The van der Waals surface area contributed by atoms with Gasteiger partial charge < -0.3 is 15.4 Å². The fourth-order valence-electron chi connectivity index (χ4n) is 2.84. The minimum absolute atomic E-state index is 0.0412. The maximum atomic E-state index is 12.6. The fourth-order valence-corrected chi connectivity index (χ4v) is 2.84. The lowest BCUT2D eigenvalue weighted by atomic mass is 9.96. The van der Waals surface area contributed by atoms with Crippen LogP contribution in [0, 0.1) is 5.92 Å². The van der Waals surface area contributed by atoms with Crippen LogP contribution in [0.1, 0.15) is 59.8 Å². The van der Waals surface area contributed by atoms with Crippen molar-refractivity contribution in [3.8, 4) is 0 Å². The van der Waals surface area contributed by atoms with E-state index in [0.29, 0.717) is 0 Å². The van der Waals surface area contributed by atoms with Gasteiger partial charge in [0.15, 0.2) is 0 Å². The van der Waals surface area contributed by atoms with Crippen LogP contribution < -0.4 is 10.6 Å². The third kappa shape index (κ3) is 6.40. The normalized spacial score (nSPS) is 22.5. The van der Waals surface area contributed by atoms with Crippen LogP contribution in [0.25, 0.3) is 0 Å². The molecule has 24 heavy (non-hydrogen) atoms. The molecule has 1 fully saturated rings. The van der Waals surface area contributed by atoms with Crippen molar-refractivity contribution in [2.75, 3.05) is 20.3 Å². The van der Waals surface area contributed by atoms with Crippen LogP contribution in [0.3, 0.4) is 0 Å². The molecule has 0 aromatic heterocycles. The lowest BCUT2D eigenvalue weighted by Crippen LogP contribution is -2.56. The molecule has 6 nitrogen and oxygen atoms in total. The first kappa shape index (κ1) is 20.9. The molecular formula is C18H35N3O3. The van der Waals surface area contributed by atoms with Crippen LogP contribution in [0.4, 0.5) is 0 Å². The fraction of sp³-hybridized carbons (Fsp3) is 0.889. The number of amides is 2. The topological polar surface area (TPSA) is 70.7 Å². The summed E-state index contributed by atoms with van der Waals surface area (Å²) in [5.41, 5.74) is 0. The van der Waals surface area contributed by atoms with E-state index in [1.54, 1.807) is 0 Å². The molecule has 140 valence electrons. The molecule has 2 amide bonds. The van der Waals surface area contributed by atoms with Gasteiger partial charge in [0, 0.05) is 0 Å². The number of carbonyl (C=O) groups is 2. The van der Waals surface area contributed by atoms with E-state index >= 15 is 0 Å². The van der Waals surface area contributed by atoms with Crippen molar-refractivity contribution >= 4 is 11.8 Å². The Labute approximate surface area is 146 Å². The molecule has 0 aliphatic carbocycles. The van der Waals surface area contributed by atoms with Crippen LogP contribution in [-0.2, 0) is 14.3 Å².